The number of hydrogen-bond acceptors (Lipinski definition) is 12. The van der Waals surface area contributed by atoms with Gasteiger partial charge in [0, 0.05) is 57.9 Å². The molecule has 2 fully saturated rings. The summed E-state index contributed by atoms with van der Waals surface area (Å²) in [6, 6.07) is 27.0. The van der Waals surface area contributed by atoms with Gasteiger partial charge in [-0.3, -0.25) is 0 Å². The van der Waals surface area contributed by atoms with Crippen molar-refractivity contribution in [3.8, 4) is 11.5 Å². The summed E-state index contributed by atoms with van der Waals surface area (Å²) >= 11 is 0. The van der Waals surface area contributed by atoms with Gasteiger partial charge in [0.1, 0.15) is 42.7 Å². The summed E-state index contributed by atoms with van der Waals surface area (Å²) in [7, 11) is 1.71. The average molecular weight is 771 g/mol. The number of methoxy groups -OCH3 is 1. The number of nitrogens with one attached hydrogen (secondary N) is 1. The van der Waals surface area contributed by atoms with Crippen LogP contribution < -0.4 is 24.6 Å². The maximum atomic E-state index is 13.9. The summed E-state index contributed by atoms with van der Waals surface area (Å²) in [6.45, 7) is 5.33. The molecule has 3 heterocycles. The van der Waals surface area contributed by atoms with Crippen LogP contribution in [0.2, 0.25) is 0 Å². The zero-order chi connectivity index (χ0) is 38.9. The van der Waals surface area contributed by atoms with Crippen molar-refractivity contribution < 1.29 is 42.8 Å². The molecule has 0 spiro atoms. The number of piperidine rings is 1. The molecule has 4 aromatic rings. The summed E-state index contributed by atoms with van der Waals surface area (Å²) < 4.78 is 44.3. The summed E-state index contributed by atoms with van der Waals surface area (Å²) in [5.74, 6) is 0.395. The molecule has 2 saturated heterocycles. The summed E-state index contributed by atoms with van der Waals surface area (Å²) in [5, 5.41) is 13.3. The Morgan fingerprint density at radius 2 is 1.79 bits per heavy atom. The molecule has 14 heteroatoms. The molecule has 296 valence electrons. The topological polar surface area (TPSA) is 134 Å². The molecule has 4 unspecified atom stereocenters. The number of carbonyl (C=O) groups excluding carboxylic acids is 1. The van der Waals surface area contributed by atoms with E-state index in [0.29, 0.717) is 50.8 Å². The van der Waals surface area contributed by atoms with Gasteiger partial charge in [-0.2, -0.15) is 0 Å². The fourth-order valence-corrected chi connectivity index (χ4v) is 7.63. The summed E-state index contributed by atoms with van der Waals surface area (Å²) in [6.07, 6.45) is 0.681. The van der Waals surface area contributed by atoms with E-state index in [4.69, 9.17) is 23.7 Å². The van der Waals surface area contributed by atoms with Gasteiger partial charge in [0.2, 0.25) is 0 Å². The van der Waals surface area contributed by atoms with Gasteiger partial charge < -0.3 is 43.6 Å². The predicted molar refractivity (Wildman–Crippen MR) is 206 cm³/mol. The van der Waals surface area contributed by atoms with E-state index in [1.807, 2.05) is 42.5 Å². The van der Waals surface area contributed by atoms with E-state index >= 15 is 0 Å². The minimum absolute atomic E-state index is 0.0581. The van der Waals surface area contributed by atoms with Gasteiger partial charge in [0.05, 0.1) is 37.1 Å². The Hall–Kier alpha value is -5.44. The van der Waals surface area contributed by atoms with Crippen molar-refractivity contribution in [1.82, 2.24) is 5.32 Å². The monoisotopic (exact) mass is 770 g/mol. The third kappa shape index (κ3) is 9.86. The van der Waals surface area contributed by atoms with Crippen LogP contribution in [-0.2, 0) is 32.3 Å². The number of benzene rings is 4. The first-order chi connectivity index (χ1) is 27.3. The average Bonchev–Trinajstić information content (AvgIpc) is 3.68. The highest BCUT2D eigenvalue weighted by molar-refractivity contribution is 5.89. The Morgan fingerprint density at radius 3 is 2.61 bits per heavy atom. The minimum atomic E-state index is -0.869. The zero-order valence-electron chi connectivity index (χ0n) is 31.3. The highest BCUT2D eigenvalue weighted by Gasteiger charge is 2.38. The molecule has 1 N–H and O–H groups in total. The van der Waals surface area contributed by atoms with Crippen LogP contribution in [0.4, 0.5) is 15.8 Å². The van der Waals surface area contributed by atoms with Gasteiger partial charge in [-0.15, -0.1) is 10.1 Å². The van der Waals surface area contributed by atoms with Gasteiger partial charge >= 0.3 is 5.97 Å². The van der Waals surface area contributed by atoms with Crippen molar-refractivity contribution in [3.63, 3.8) is 0 Å². The van der Waals surface area contributed by atoms with Crippen molar-refractivity contribution in [2.45, 2.75) is 50.3 Å². The Labute approximate surface area is 325 Å². The molecular formula is C42H47FN4O9. The lowest BCUT2D eigenvalue weighted by Gasteiger charge is -2.38. The zero-order valence-corrected chi connectivity index (χ0v) is 31.3. The molecule has 56 heavy (non-hydrogen) atoms. The second-order valence-electron chi connectivity index (χ2n) is 14.2. The number of ether oxygens (including phenoxy) is 5. The van der Waals surface area contributed by atoms with Crippen molar-refractivity contribution in [3.05, 3.63) is 129 Å². The number of nitrogens with zero attached hydrogens (tertiary/aromatic N) is 3. The second kappa shape index (κ2) is 18.5. The number of halogens is 1. The Balaban J connectivity index is 1.07. The maximum absolute atomic E-state index is 13.9. The van der Waals surface area contributed by atoms with Crippen LogP contribution in [-0.4, -0.2) is 89.0 Å². The molecule has 13 nitrogen and oxygen atoms in total. The van der Waals surface area contributed by atoms with Crippen molar-refractivity contribution in [2.75, 3.05) is 69.4 Å². The van der Waals surface area contributed by atoms with Gasteiger partial charge in [-0.05, 0) is 77.7 Å². The van der Waals surface area contributed by atoms with Crippen molar-refractivity contribution in [1.29, 1.82) is 0 Å². The van der Waals surface area contributed by atoms with E-state index in [1.54, 1.807) is 37.4 Å². The van der Waals surface area contributed by atoms with E-state index in [-0.39, 0.29) is 36.1 Å². The third-order valence-electron chi connectivity index (χ3n) is 10.4. The van der Waals surface area contributed by atoms with Crippen LogP contribution in [0.5, 0.6) is 11.5 Å². The van der Waals surface area contributed by atoms with Crippen LogP contribution in [0.3, 0.4) is 0 Å². The SMILES string of the molecule is COCCCN1CCOc2ccc(COC3CNCC(OC(=O)c4cccc(CO[N+](=O)[O-])c4)C3c3ccc(OC4CCN(c5cccc(F)c5)C4)cc3)cc21. The number of anilines is 2. The van der Waals surface area contributed by atoms with Crippen LogP contribution in [0.15, 0.2) is 91.0 Å². The normalized spacial score (nSPS) is 20.5. The third-order valence-corrected chi connectivity index (χ3v) is 10.4. The molecule has 0 bridgehead atoms. The first-order valence-corrected chi connectivity index (χ1v) is 19.0. The van der Waals surface area contributed by atoms with Crippen LogP contribution in [0, 0.1) is 15.9 Å². The lowest BCUT2D eigenvalue weighted by atomic mass is 9.85. The lowest BCUT2D eigenvalue weighted by Crippen LogP contribution is -2.51. The Morgan fingerprint density at radius 1 is 0.964 bits per heavy atom. The maximum Gasteiger partial charge on any atom is 0.338 e. The Bertz CT molecular complexity index is 1950. The number of fused-ring (bicyclic) bond motifs is 1. The molecule has 0 aromatic heterocycles. The number of carbonyl (C=O) groups is 1. The van der Waals surface area contributed by atoms with E-state index in [1.165, 1.54) is 12.1 Å². The molecule has 7 rings (SSSR count). The Kier molecular flexibility index (Phi) is 12.8. The number of rotatable bonds is 16. The van der Waals surface area contributed by atoms with Crippen molar-refractivity contribution in [2.24, 2.45) is 0 Å². The van der Waals surface area contributed by atoms with Crippen LogP contribution >= 0.6 is 0 Å². The fraction of sp³-hybridized carbons (Fsp3) is 0.405. The molecule has 3 aliphatic heterocycles. The summed E-state index contributed by atoms with van der Waals surface area (Å²) in [4.78, 5) is 33.3. The quantitative estimate of drug-likeness (QED) is 0.0627. The smallest absolute Gasteiger partial charge is 0.338 e. The molecule has 0 amide bonds. The van der Waals surface area contributed by atoms with Gasteiger partial charge in [-0.25, -0.2) is 9.18 Å². The highest BCUT2D eigenvalue weighted by Crippen LogP contribution is 2.36. The first kappa shape index (κ1) is 38.8. The first-order valence-electron chi connectivity index (χ1n) is 19.0. The van der Waals surface area contributed by atoms with E-state index in [0.717, 1.165) is 60.7 Å². The van der Waals surface area contributed by atoms with Crippen molar-refractivity contribution >= 4 is 17.3 Å². The molecule has 4 aromatic carbocycles. The molecule has 3 aliphatic rings. The minimum Gasteiger partial charge on any atom is -0.490 e. The largest absolute Gasteiger partial charge is 0.490 e. The van der Waals surface area contributed by atoms with Crippen LogP contribution in [0.1, 0.15) is 45.8 Å². The van der Waals surface area contributed by atoms with E-state index in [2.05, 4.69) is 26.0 Å². The molecule has 0 radical (unpaired) electrons. The van der Waals surface area contributed by atoms with E-state index in [9.17, 15) is 19.3 Å². The van der Waals surface area contributed by atoms with Gasteiger partial charge in [0.25, 0.3) is 5.09 Å². The highest BCUT2D eigenvalue weighted by atomic mass is 19.1. The van der Waals surface area contributed by atoms with Gasteiger partial charge in [-0.1, -0.05) is 36.4 Å². The predicted octanol–water partition coefficient (Wildman–Crippen LogP) is 5.92. The fourth-order valence-electron chi connectivity index (χ4n) is 7.63. The summed E-state index contributed by atoms with van der Waals surface area (Å²) in [5.41, 5.74) is 4.51. The molecule has 0 saturated carbocycles. The molecular weight excluding hydrogens is 723 g/mol. The standard InChI is InChI=1S/C42H47FN4O9/c1-51-19-4-16-45-18-20-52-38-14-9-30(22-37(38)45)27-53-39-24-44-25-40(56-42(48)32-6-2-5-29(21-32)28-54-47(49)50)41(39)31-10-12-35(13-11-31)55-36-15-17-46(26-36)34-8-3-7-33(43)23-34/h2-3,5-14,21-23,36,39-41,44H,4,15-20,24-28H2,1H3. The molecule has 0 aliphatic carbocycles. The second-order valence-corrected chi connectivity index (χ2v) is 14.2. The molecule has 4 atom stereocenters. The number of hydrogen-bond donors (Lipinski definition) is 1. The van der Waals surface area contributed by atoms with E-state index < -0.39 is 17.2 Å². The van der Waals surface area contributed by atoms with Gasteiger partial charge in [0.15, 0.2) is 0 Å². The lowest BCUT2D eigenvalue weighted by molar-refractivity contribution is -0.763. The number of esters is 1. The van der Waals surface area contributed by atoms with Crippen LogP contribution in [0.25, 0.3) is 0 Å².